The van der Waals surface area contributed by atoms with E-state index in [4.69, 9.17) is 5.10 Å². The molecule has 102 valence electrons. The van der Waals surface area contributed by atoms with E-state index in [9.17, 15) is 0 Å². The summed E-state index contributed by atoms with van der Waals surface area (Å²) in [6, 6.07) is 0.656. The summed E-state index contributed by atoms with van der Waals surface area (Å²) in [6.45, 7) is 11.0. The van der Waals surface area contributed by atoms with E-state index in [1.165, 1.54) is 42.6 Å². The molecule has 0 saturated heterocycles. The zero-order chi connectivity index (χ0) is 13.1. The number of aromatic nitrogens is 2. The van der Waals surface area contributed by atoms with Gasteiger partial charge in [-0.3, -0.25) is 4.68 Å². The molecule has 0 bridgehead atoms. The van der Waals surface area contributed by atoms with Crippen LogP contribution in [-0.2, 0) is 0 Å². The van der Waals surface area contributed by atoms with Crippen LogP contribution >= 0.6 is 0 Å². The second-order valence-corrected chi connectivity index (χ2v) is 5.68. The number of likely N-dealkylation sites (N-methyl/N-ethyl adjacent to an activating group) is 1. The highest BCUT2D eigenvalue weighted by Gasteiger charge is 2.23. The molecule has 1 N–H and O–H groups in total. The van der Waals surface area contributed by atoms with Gasteiger partial charge < -0.3 is 5.32 Å². The van der Waals surface area contributed by atoms with Crippen LogP contribution in [0, 0.1) is 13.8 Å². The van der Waals surface area contributed by atoms with Gasteiger partial charge in [-0.15, -0.1) is 0 Å². The van der Waals surface area contributed by atoms with E-state index in [2.05, 4.69) is 37.7 Å². The molecule has 18 heavy (non-hydrogen) atoms. The lowest BCUT2D eigenvalue weighted by molar-refractivity contribution is 0.453. The van der Waals surface area contributed by atoms with Crippen molar-refractivity contribution >= 4 is 0 Å². The van der Waals surface area contributed by atoms with Crippen molar-refractivity contribution in [1.29, 1.82) is 0 Å². The molecular weight excluding hydrogens is 222 g/mol. The van der Waals surface area contributed by atoms with Crippen LogP contribution in [-0.4, -0.2) is 22.9 Å². The SMILES string of the molecule is CCNCC(C)c1c(C)nn(C2CCCC2)c1C. The highest BCUT2D eigenvalue weighted by atomic mass is 15.3. The quantitative estimate of drug-likeness (QED) is 0.867. The maximum Gasteiger partial charge on any atom is 0.0631 e. The summed E-state index contributed by atoms with van der Waals surface area (Å²) in [5.41, 5.74) is 4.08. The molecule has 0 amide bonds. The highest BCUT2D eigenvalue weighted by molar-refractivity contribution is 5.29. The molecule has 0 spiro atoms. The minimum Gasteiger partial charge on any atom is -0.316 e. The Hall–Kier alpha value is -0.830. The van der Waals surface area contributed by atoms with Crippen LogP contribution in [0.3, 0.4) is 0 Å². The van der Waals surface area contributed by atoms with Crippen molar-refractivity contribution in [2.75, 3.05) is 13.1 Å². The summed E-state index contributed by atoms with van der Waals surface area (Å²) >= 11 is 0. The van der Waals surface area contributed by atoms with Gasteiger partial charge in [0, 0.05) is 17.8 Å². The molecule has 0 radical (unpaired) electrons. The minimum atomic E-state index is 0.556. The van der Waals surface area contributed by atoms with E-state index in [0.29, 0.717) is 12.0 Å². The largest absolute Gasteiger partial charge is 0.316 e. The van der Waals surface area contributed by atoms with E-state index in [-0.39, 0.29) is 0 Å². The summed E-state index contributed by atoms with van der Waals surface area (Å²) in [7, 11) is 0. The van der Waals surface area contributed by atoms with Gasteiger partial charge in [-0.1, -0.05) is 26.7 Å². The Morgan fingerprint density at radius 1 is 1.33 bits per heavy atom. The second-order valence-electron chi connectivity index (χ2n) is 5.68. The predicted molar refractivity (Wildman–Crippen MR) is 76.2 cm³/mol. The number of aryl methyl sites for hydroxylation is 1. The van der Waals surface area contributed by atoms with E-state index >= 15 is 0 Å². The van der Waals surface area contributed by atoms with Gasteiger partial charge in [0.2, 0.25) is 0 Å². The summed E-state index contributed by atoms with van der Waals surface area (Å²) in [5, 5.41) is 8.25. The van der Waals surface area contributed by atoms with Crippen molar-refractivity contribution in [2.45, 2.75) is 65.3 Å². The van der Waals surface area contributed by atoms with Crippen molar-refractivity contribution < 1.29 is 0 Å². The maximum atomic E-state index is 4.81. The smallest absolute Gasteiger partial charge is 0.0631 e. The molecular formula is C15H27N3. The number of hydrogen-bond donors (Lipinski definition) is 1. The summed E-state index contributed by atoms with van der Waals surface area (Å²) in [6.07, 6.45) is 5.35. The lowest BCUT2D eigenvalue weighted by Crippen LogP contribution is -2.20. The van der Waals surface area contributed by atoms with Gasteiger partial charge >= 0.3 is 0 Å². The first-order valence-electron chi connectivity index (χ1n) is 7.41. The Balaban J connectivity index is 2.20. The number of nitrogens with one attached hydrogen (secondary N) is 1. The van der Waals surface area contributed by atoms with Gasteiger partial charge in [0.15, 0.2) is 0 Å². The van der Waals surface area contributed by atoms with Crippen molar-refractivity contribution in [3.63, 3.8) is 0 Å². The van der Waals surface area contributed by atoms with Gasteiger partial charge in [0.05, 0.1) is 11.7 Å². The normalized spacial score (nSPS) is 18.4. The average Bonchev–Trinajstić information content (AvgIpc) is 2.94. The van der Waals surface area contributed by atoms with E-state index in [0.717, 1.165) is 13.1 Å². The summed E-state index contributed by atoms with van der Waals surface area (Å²) in [4.78, 5) is 0. The number of rotatable bonds is 5. The third-order valence-electron chi connectivity index (χ3n) is 4.24. The Morgan fingerprint density at radius 3 is 2.61 bits per heavy atom. The molecule has 3 nitrogen and oxygen atoms in total. The molecule has 1 aliphatic rings. The number of nitrogens with zero attached hydrogens (tertiary/aromatic N) is 2. The third kappa shape index (κ3) is 2.61. The molecule has 1 heterocycles. The van der Waals surface area contributed by atoms with Crippen molar-refractivity contribution in [3.8, 4) is 0 Å². The summed E-state index contributed by atoms with van der Waals surface area (Å²) < 4.78 is 2.31. The molecule has 1 unspecified atom stereocenters. The molecule has 1 aromatic heterocycles. The van der Waals surface area contributed by atoms with E-state index in [1.54, 1.807) is 0 Å². The molecule has 3 heteroatoms. The molecule has 2 rings (SSSR count). The maximum absolute atomic E-state index is 4.81. The van der Waals surface area contributed by atoms with Gasteiger partial charge in [0.25, 0.3) is 0 Å². The molecule has 0 aromatic carbocycles. The lowest BCUT2D eigenvalue weighted by Gasteiger charge is -2.15. The van der Waals surface area contributed by atoms with Crippen molar-refractivity contribution in [3.05, 3.63) is 17.0 Å². The Morgan fingerprint density at radius 2 is 2.00 bits per heavy atom. The van der Waals surface area contributed by atoms with Crippen LogP contribution in [0.4, 0.5) is 0 Å². The van der Waals surface area contributed by atoms with Crippen LogP contribution in [0.15, 0.2) is 0 Å². The Kier molecular flexibility index (Phi) is 4.44. The lowest BCUT2D eigenvalue weighted by atomic mass is 9.99. The standard InChI is InChI=1S/C15H27N3/c1-5-16-10-11(2)15-12(3)17-18(13(15)4)14-8-6-7-9-14/h11,14,16H,5-10H2,1-4H3. The van der Waals surface area contributed by atoms with Crippen LogP contribution < -0.4 is 5.32 Å². The van der Waals surface area contributed by atoms with Gasteiger partial charge in [0.1, 0.15) is 0 Å². The van der Waals surface area contributed by atoms with E-state index < -0.39 is 0 Å². The van der Waals surface area contributed by atoms with Crippen molar-refractivity contribution in [1.82, 2.24) is 15.1 Å². The van der Waals surface area contributed by atoms with Gasteiger partial charge in [-0.2, -0.15) is 5.10 Å². The fourth-order valence-electron chi connectivity index (χ4n) is 3.36. The molecule has 1 fully saturated rings. The molecule has 1 atom stereocenters. The van der Waals surface area contributed by atoms with Gasteiger partial charge in [-0.05, 0) is 39.2 Å². The topological polar surface area (TPSA) is 29.9 Å². The molecule has 1 aromatic rings. The first-order valence-corrected chi connectivity index (χ1v) is 7.41. The average molecular weight is 249 g/mol. The highest BCUT2D eigenvalue weighted by Crippen LogP contribution is 2.33. The molecule has 1 saturated carbocycles. The fourth-order valence-corrected chi connectivity index (χ4v) is 3.36. The monoisotopic (exact) mass is 249 g/mol. The minimum absolute atomic E-state index is 0.556. The number of hydrogen-bond acceptors (Lipinski definition) is 2. The molecule has 0 aliphatic heterocycles. The fraction of sp³-hybridized carbons (Fsp3) is 0.800. The van der Waals surface area contributed by atoms with Crippen LogP contribution in [0.5, 0.6) is 0 Å². The van der Waals surface area contributed by atoms with E-state index in [1.807, 2.05) is 0 Å². The van der Waals surface area contributed by atoms with Gasteiger partial charge in [-0.25, -0.2) is 0 Å². The summed E-state index contributed by atoms with van der Waals surface area (Å²) in [5.74, 6) is 0.556. The first-order chi connectivity index (χ1) is 8.65. The molecule has 1 aliphatic carbocycles. The first kappa shape index (κ1) is 13.6. The second kappa shape index (κ2) is 5.87. The van der Waals surface area contributed by atoms with Crippen LogP contribution in [0.25, 0.3) is 0 Å². The third-order valence-corrected chi connectivity index (χ3v) is 4.24. The zero-order valence-electron chi connectivity index (χ0n) is 12.3. The Labute approximate surface area is 111 Å². The zero-order valence-corrected chi connectivity index (χ0v) is 12.3. The van der Waals surface area contributed by atoms with Crippen molar-refractivity contribution in [2.24, 2.45) is 0 Å². The predicted octanol–water partition coefficient (Wildman–Crippen LogP) is 3.33. The Bertz CT molecular complexity index is 389. The van der Waals surface area contributed by atoms with Crippen LogP contribution in [0.2, 0.25) is 0 Å². The van der Waals surface area contributed by atoms with Crippen LogP contribution in [0.1, 0.15) is 68.4 Å².